The maximum atomic E-state index is 5.58. The van der Waals surface area contributed by atoms with Crippen molar-refractivity contribution in [3.8, 4) is 0 Å². The van der Waals surface area contributed by atoms with Gasteiger partial charge in [-0.2, -0.15) is 0 Å². The number of nitrogens with one attached hydrogen (secondary N) is 1. The van der Waals surface area contributed by atoms with Gasteiger partial charge in [-0.05, 0) is 37.8 Å². The highest BCUT2D eigenvalue weighted by molar-refractivity contribution is 5.52. The van der Waals surface area contributed by atoms with Crippen molar-refractivity contribution >= 4 is 5.69 Å². The molecule has 94 valence electrons. The summed E-state index contributed by atoms with van der Waals surface area (Å²) in [5.41, 5.74) is 2.75. The van der Waals surface area contributed by atoms with Gasteiger partial charge in [0.1, 0.15) is 0 Å². The molecule has 1 N–H and O–H groups in total. The lowest BCUT2D eigenvalue weighted by Gasteiger charge is -2.36. The van der Waals surface area contributed by atoms with E-state index in [0.29, 0.717) is 12.1 Å². The van der Waals surface area contributed by atoms with Crippen molar-refractivity contribution < 1.29 is 4.74 Å². The molecule has 0 amide bonds. The van der Waals surface area contributed by atoms with Crippen molar-refractivity contribution in [2.75, 3.05) is 11.9 Å². The second-order valence-corrected chi connectivity index (χ2v) is 4.80. The molecule has 1 saturated carbocycles. The summed E-state index contributed by atoms with van der Waals surface area (Å²) in [4.78, 5) is 0. The number of rotatable bonds is 6. The molecule has 2 rings (SSSR count). The Morgan fingerprint density at radius 2 is 2.00 bits per heavy atom. The zero-order chi connectivity index (χ0) is 12.1. The number of hydrogen-bond acceptors (Lipinski definition) is 2. The van der Waals surface area contributed by atoms with Gasteiger partial charge in [0, 0.05) is 18.3 Å². The molecule has 17 heavy (non-hydrogen) atoms. The highest BCUT2D eigenvalue weighted by Crippen LogP contribution is 2.28. The van der Waals surface area contributed by atoms with Crippen molar-refractivity contribution in [2.45, 2.75) is 51.7 Å². The van der Waals surface area contributed by atoms with Gasteiger partial charge in [0.05, 0.1) is 6.10 Å². The SMILES string of the molecule is CCCc1ccccc1NC1CC(OCC)C1. The van der Waals surface area contributed by atoms with Crippen LogP contribution in [0.3, 0.4) is 0 Å². The van der Waals surface area contributed by atoms with Crippen molar-refractivity contribution in [1.82, 2.24) is 0 Å². The molecule has 1 fully saturated rings. The molecule has 0 heterocycles. The Labute approximate surface area is 104 Å². The third-order valence-corrected chi connectivity index (χ3v) is 3.39. The molecule has 1 aromatic carbocycles. The van der Waals surface area contributed by atoms with E-state index < -0.39 is 0 Å². The quantitative estimate of drug-likeness (QED) is 0.810. The van der Waals surface area contributed by atoms with Crippen LogP contribution in [0.5, 0.6) is 0 Å². The van der Waals surface area contributed by atoms with Crippen LogP contribution in [0.1, 0.15) is 38.7 Å². The summed E-state index contributed by atoms with van der Waals surface area (Å²) in [7, 11) is 0. The van der Waals surface area contributed by atoms with E-state index >= 15 is 0 Å². The van der Waals surface area contributed by atoms with Crippen LogP contribution in [0, 0.1) is 0 Å². The van der Waals surface area contributed by atoms with Crippen LogP contribution < -0.4 is 5.32 Å². The largest absolute Gasteiger partial charge is 0.382 e. The van der Waals surface area contributed by atoms with Gasteiger partial charge in [-0.3, -0.25) is 0 Å². The number of ether oxygens (including phenoxy) is 1. The smallest absolute Gasteiger partial charge is 0.0614 e. The average molecular weight is 233 g/mol. The molecular formula is C15H23NO. The van der Waals surface area contributed by atoms with E-state index in [0.717, 1.165) is 25.9 Å². The average Bonchev–Trinajstić information content (AvgIpc) is 2.29. The summed E-state index contributed by atoms with van der Waals surface area (Å²) >= 11 is 0. The highest BCUT2D eigenvalue weighted by atomic mass is 16.5. The van der Waals surface area contributed by atoms with Crippen molar-refractivity contribution in [3.05, 3.63) is 29.8 Å². The Bertz CT molecular complexity index is 345. The van der Waals surface area contributed by atoms with E-state index in [1.807, 2.05) is 0 Å². The summed E-state index contributed by atoms with van der Waals surface area (Å²) in [6.07, 6.45) is 5.13. The Balaban J connectivity index is 1.87. The number of benzene rings is 1. The molecule has 0 aromatic heterocycles. The van der Waals surface area contributed by atoms with Gasteiger partial charge in [-0.15, -0.1) is 0 Å². The second-order valence-electron chi connectivity index (χ2n) is 4.80. The van der Waals surface area contributed by atoms with E-state index in [9.17, 15) is 0 Å². The van der Waals surface area contributed by atoms with Gasteiger partial charge >= 0.3 is 0 Å². The van der Waals surface area contributed by atoms with Crippen LogP contribution in [0.25, 0.3) is 0 Å². The summed E-state index contributed by atoms with van der Waals surface area (Å²) < 4.78 is 5.58. The first-order valence-electron chi connectivity index (χ1n) is 6.79. The first-order valence-corrected chi connectivity index (χ1v) is 6.79. The molecule has 0 bridgehead atoms. The number of aryl methyl sites for hydroxylation is 1. The standard InChI is InChI=1S/C15H23NO/c1-3-7-12-8-5-6-9-15(12)16-13-10-14(11-13)17-4-2/h5-6,8-9,13-14,16H,3-4,7,10-11H2,1-2H3. The minimum Gasteiger partial charge on any atom is -0.382 e. The monoisotopic (exact) mass is 233 g/mol. The molecule has 0 saturated heterocycles. The number of para-hydroxylation sites is 1. The van der Waals surface area contributed by atoms with Crippen LogP contribution in [0.15, 0.2) is 24.3 Å². The summed E-state index contributed by atoms with van der Waals surface area (Å²) in [5.74, 6) is 0. The molecule has 1 aliphatic rings. The molecule has 0 atom stereocenters. The molecule has 0 spiro atoms. The molecule has 0 aliphatic heterocycles. The zero-order valence-electron chi connectivity index (χ0n) is 10.9. The minimum atomic E-state index is 0.482. The predicted molar refractivity (Wildman–Crippen MR) is 72.5 cm³/mol. The van der Waals surface area contributed by atoms with E-state index in [1.165, 1.54) is 17.7 Å². The lowest BCUT2D eigenvalue weighted by atomic mass is 9.88. The Morgan fingerprint density at radius 1 is 1.24 bits per heavy atom. The summed E-state index contributed by atoms with van der Waals surface area (Å²) in [5, 5.41) is 3.64. The third kappa shape index (κ3) is 3.22. The summed E-state index contributed by atoms with van der Waals surface area (Å²) in [6, 6.07) is 9.26. The topological polar surface area (TPSA) is 21.3 Å². The van der Waals surface area contributed by atoms with Gasteiger partial charge in [-0.1, -0.05) is 31.5 Å². The fourth-order valence-electron chi connectivity index (χ4n) is 2.42. The van der Waals surface area contributed by atoms with Gasteiger partial charge in [0.2, 0.25) is 0 Å². The van der Waals surface area contributed by atoms with Gasteiger partial charge in [0.15, 0.2) is 0 Å². The molecular weight excluding hydrogens is 210 g/mol. The first-order chi connectivity index (χ1) is 8.33. The molecule has 0 radical (unpaired) electrons. The fourth-order valence-corrected chi connectivity index (χ4v) is 2.42. The van der Waals surface area contributed by atoms with Crippen molar-refractivity contribution in [2.24, 2.45) is 0 Å². The van der Waals surface area contributed by atoms with Gasteiger partial charge in [-0.25, -0.2) is 0 Å². The normalized spacial score (nSPS) is 23.2. The van der Waals surface area contributed by atoms with Gasteiger partial charge < -0.3 is 10.1 Å². The number of hydrogen-bond donors (Lipinski definition) is 1. The maximum absolute atomic E-state index is 5.58. The predicted octanol–water partition coefficient (Wildman–Crippen LogP) is 3.62. The van der Waals surface area contributed by atoms with Crippen molar-refractivity contribution in [1.29, 1.82) is 0 Å². The number of anilines is 1. The second kappa shape index (κ2) is 6.06. The molecule has 0 unspecified atom stereocenters. The van der Waals surface area contributed by atoms with E-state index in [1.54, 1.807) is 0 Å². The van der Waals surface area contributed by atoms with Crippen LogP contribution >= 0.6 is 0 Å². The summed E-state index contributed by atoms with van der Waals surface area (Å²) in [6.45, 7) is 5.13. The van der Waals surface area contributed by atoms with Gasteiger partial charge in [0.25, 0.3) is 0 Å². The van der Waals surface area contributed by atoms with Crippen molar-refractivity contribution in [3.63, 3.8) is 0 Å². The highest BCUT2D eigenvalue weighted by Gasteiger charge is 2.29. The third-order valence-electron chi connectivity index (χ3n) is 3.39. The fraction of sp³-hybridized carbons (Fsp3) is 0.600. The Kier molecular flexibility index (Phi) is 4.43. The Hall–Kier alpha value is -1.02. The van der Waals surface area contributed by atoms with E-state index in [2.05, 4.69) is 43.4 Å². The molecule has 1 aliphatic carbocycles. The molecule has 1 aromatic rings. The molecule has 2 nitrogen and oxygen atoms in total. The first kappa shape index (κ1) is 12.4. The zero-order valence-corrected chi connectivity index (χ0v) is 10.9. The molecule has 2 heteroatoms. The van der Waals surface area contributed by atoms with E-state index in [-0.39, 0.29) is 0 Å². The van der Waals surface area contributed by atoms with Crippen LogP contribution in [-0.4, -0.2) is 18.8 Å². The van der Waals surface area contributed by atoms with E-state index in [4.69, 9.17) is 4.74 Å². The minimum absolute atomic E-state index is 0.482. The Morgan fingerprint density at radius 3 is 2.71 bits per heavy atom. The van der Waals surface area contributed by atoms with Crippen LogP contribution in [0.4, 0.5) is 5.69 Å². The lowest BCUT2D eigenvalue weighted by molar-refractivity contribution is 0.00298. The van der Waals surface area contributed by atoms with Crippen LogP contribution in [-0.2, 0) is 11.2 Å². The van der Waals surface area contributed by atoms with Crippen LogP contribution in [0.2, 0.25) is 0 Å². The lowest BCUT2D eigenvalue weighted by Crippen LogP contribution is -2.41. The maximum Gasteiger partial charge on any atom is 0.0614 e.